The van der Waals surface area contributed by atoms with Gasteiger partial charge in [-0.1, -0.05) is 0 Å². The highest BCUT2D eigenvalue weighted by molar-refractivity contribution is 5.95. The second-order valence-electron chi connectivity index (χ2n) is 4.55. The lowest BCUT2D eigenvalue weighted by Gasteiger charge is -2.08. The Bertz CT molecular complexity index is 627. The van der Waals surface area contributed by atoms with Crippen molar-refractivity contribution in [1.29, 1.82) is 0 Å². The van der Waals surface area contributed by atoms with E-state index in [2.05, 4.69) is 25.9 Å². The molecule has 0 bridgehead atoms. The number of pyridine rings is 1. The molecule has 21 heavy (non-hydrogen) atoms. The predicted octanol–water partition coefficient (Wildman–Crippen LogP) is 0.900. The molecule has 8 heteroatoms. The first kappa shape index (κ1) is 14.9. The maximum Gasteiger partial charge on any atom is 0.254 e. The standard InChI is InChI=1S/C13H17FN6O/c1-8-9(7-18-20-8)3-2-5-17-13(21)10-4-6-16-12(19-15)11(10)14/h4,6-7H,2-3,5,15H2,1H3,(H,16,19)(H,17,21)(H,18,20). The van der Waals surface area contributed by atoms with Crippen LogP contribution in [0.25, 0.3) is 0 Å². The van der Waals surface area contributed by atoms with E-state index in [1.165, 1.54) is 12.3 Å². The lowest BCUT2D eigenvalue weighted by atomic mass is 10.1. The summed E-state index contributed by atoms with van der Waals surface area (Å²) in [6.07, 6.45) is 4.61. The minimum absolute atomic E-state index is 0.0857. The second kappa shape index (κ2) is 6.80. The number of aromatic nitrogens is 3. The van der Waals surface area contributed by atoms with Crippen molar-refractivity contribution in [3.05, 3.63) is 41.1 Å². The van der Waals surface area contributed by atoms with Gasteiger partial charge in [0, 0.05) is 18.4 Å². The van der Waals surface area contributed by atoms with Crippen molar-refractivity contribution in [2.75, 3.05) is 12.0 Å². The molecule has 0 aliphatic rings. The van der Waals surface area contributed by atoms with Crippen molar-refractivity contribution < 1.29 is 9.18 Å². The molecule has 0 aliphatic carbocycles. The molecule has 2 aromatic rings. The molecule has 112 valence electrons. The number of nitrogens with zero attached hydrogens (tertiary/aromatic N) is 2. The summed E-state index contributed by atoms with van der Waals surface area (Å²) in [5.74, 6) is 3.71. The Balaban J connectivity index is 1.86. The zero-order valence-corrected chi connectivity index (χ0v) is 11.6. The number of anilines is 1. The van der Waals surface area contributed by atoms with E-state index in [0.29, 0.717) is 6.54 Å². The molecule has 0 radical (unpaired) electrons. The number of hydrazine groups is 1. The summed E-state index contributed by atoms with van der Waals surface area (Å²) in [6.45, 7) is 2.38. The van der Waals surface area contributed by atoms with Crippen LogP contribution in [0.15, 0.2) is 18.5 Å². The van der Waals surface area contributed by atoms with E-state index in [-0.39, 0.29) is 11.4 Å². The largest absolute Gasteiger partial charge is 0.352 e. The van der Waals surface area contributed by atoms with Gasteiger partial charge in [-0.15, -0.1) is 0 Å². The van der Waals surface area contributed by atoms with Gasteiger partial charge in [0.25, 0.3) is 5.91 Å². The van der Waals surface area contributed by atoms with Crippen LogP contribution < -0.4 is 16.6 Å². The van der Waals surface area contributed by atoms with E-state index >= 15 is 0 Å². The fourth-order valence-electron chi connectivity index (χ4n) is 1.92. The van der Waals surface area contributed by atoms with Crippen LogP contribution in [-0.4, -0.2) is 27.6 Å². The third-order valence-corrected chi connectivity index (χ3v) is 3.11. The number of halogens is 1. The molecule has 0 aliphatic heterocycles. The van der Waals surface area contributed by atoms with Crippen LogP contribution in [0.3, 0.4) is 0 Å². The Hall–Kier alpha value is -2.48. The highest BCUT2D eigenvalue weighted by Gasteiger charge is 2.15. The fraction of sp³-hybridized carbons (Fsp3) is 0.308. The molecule has 0 atom stereocenters. The average Bonchev–Trinajstić information content (AvgIpc) is 2.89. The third kappa shape index (κ3) is 3.54. The first-order chi connectivity index (χ1) is 10.1. The summed E-state index contributed by atoms with van der Waals surface area (Å²) >= 11 is 0. The van der Waals surface area contributed by atoms with Gasteiger partial charge in [-0.3, -0.25) is 9.89 Å². The lowest BCUT2D eigenvalue weighted by Crippen LogP contribution is -2.26. The molecule has 0 aromatic carbocycles. The number of nitrogens with one attached hydrogen (secondary N) is 3. The summed E-state index contributed by atoms with van der Waals surface area (Å²) in [5.41, 5.74) is 4.14. The number of hydrogen-bond acceptors (Lipinski definition) is 5. The minimum Gasteiger partial charge on any atom is -0.352 e. The molecule has 0 fully saturated rings. The molecular formula is C13H17FN6O. The quantitative estimate of drug-likeness (QED) is 0.359. The minimum atomic E-state index is -0.761. The number of aromatic amines is 1. The van der Waals surface area contributed by atoms with Crippen LogP contribution in [0.2, 0.25) is 0 Å². The summed E-state index contributed by atoms with van der Waals surface area (Å²) in [6, 6.07) is 1.31. The zero-order valence-electron chi connectivity index (χ0n) is 11.6. The van der Waals surface area contributed by atoms with Gasteiger partial charge >= 0.3 is 0 Å². The van der Waals surface area contributed by atoms with Crippen molar-refractivity contribution in [2.45, 2.75) is 19.8 Å². The number of H-pyrrole nitrogens is 1. The number of carbonyl (C=O) groups excluding carboxylic acids is 1. The Morgan fingerprint density at radius 3 is 3.00 bits per heavy atom. The van der Waals surface area contributed by atoms with E-state index in [9.17, 15) is 9.18 Å². The Morgan fingerprint density at radius 1 is 1.52 bits per heavy atom. The number of amides is 1. The maximum atomic E-state index is 13.8. The van der Waals surface area contributed by atoms with Gasteiger partial charge in [0.2, 0.25) is 0 Å². The molecule has 2 rings (SSSR count). The summed E-state index contributed by atoms with van der Waals surface area (Å²) in [4.78, 5) is 15.6. The molecule has 0 unspecified atom stereocenters. The van der Waals surface area contributed by atoms with E-state index in [0.717, 1.165) is 24.1 Å². The molecule has 0 saturated heterocycles. The van der Waals surface area contributed by atoms with E-state index < -0.39 is 11.7 Å². The van der Waals surface area contributed by atoms with Crippen LogP contribution in [0.5, 0.6) is 0 Å². The zero-order chi connectivity index (χ0) is 15.2. The van der Waals surface area contributed by atoms with Gasteiger partial charge in [-0.2, -0.15) is 5.10 Å². The van der Waals surface area contributed by atoms with Crippen molar-refractivity contribution >= 4 is 11.7 Å². The summed E-state index contributed by atoms with van der Waals surface area (Å²) < 4.78 is 13.8. The molecule has 0 spiro atoms. The Kier molecular flexibility index (Phi) is 4.83. The van der Waals surface area contributed by atoms with Crippen LogP contribution >= 0.6 is 0 Å². The van der Waals surface area contributed by atoms with E-state index in [1.807, 2.05) is 6.92 Å². The number of rotatable bonds is 6. The SMILES string of the molecule is Cc1[nH]ncc1CCCNC(=O)c1ccnc(NN)c1F. The van der Waals surface area contributed by atoms with Gasteiger partial charge < -0.3 is 10.7 Å². The molecule has 0 saturated carbocycles. The van der Waals surface area contributed by atoms with Gasteiger partial charge in [0.1, 0.15) is 0 Å². The van der Waals surface area contributed by atoms with Crippen LogP contribution in [-0.2, 0) is 6.42 Å². The number of carbonyl (C=O) groups is 1. The third-order valence-electron chi connectivity index (χ3n) is 3.11. The highest BCUT2D eigenvalue weighted by Crippen LogP contribution is 2.13. The Labute approximate surface area is 121 Å². The van der Waals surface area contributed by atoms with Crippen LogP contribution in [0.4, 0.5) is 10.2 Å². The van der Waals surface area contributed by atoms with Gasteiger partial charge in [-0.05, 0) is 31.4 Å². The molecular weight excluding hydrogens is 275 g/mol. The average molecular weight is 292 g/mol. The Morgan fingerprint density at radius 2 is 2.33 bits per heavy atom. The molecule has 2 heterocycles. The van der Waals surface area contributed by atoms with Crippen molar-refractivity contribution in [3.8, 4) is 0 Å². The van der Waals surface area contributed by atoms with Gasteiger partial charge in [0.15, 0.2) is 11.6 Å². The maximum absolute atomic E-state index is 13.8. The van der Waals surface area contributed by atoms with Crippen molar-refractivity contribution in [3.63, 3.8) is 0 Å². The van der Waals surface area contributed by atoms with Gasteiger partial charge in [-0.25, -0.2) is 15.2 Å². The normalized spacial score (nSPS) is 10.4. The smallest absolute Gasteiger partial charge is 0.254 e. The number of hydrogen-bond donors (Lipinski definition) is 4. The topological polar surface area (TPSA) is 109 Å². The van der Waals surface area contributed by atoms with Crippen molar-refractivity contribution in [2.24, 2.45) is 5.84 Å². The highest BCUT2D eigenvalue weighted by atomic mass is 19.1. The molecule has 2 aromatic heterocycles. The molecule has 7 nitrogen and oxygen atoms in total. The lowest BCUT2D eigenvalue weighted by molar-refractivity contribution is 0.0949. The first-order valence-electron chi connectivity index (χ1n) is 6.51. The van der Waals surface area contributed by atoms with Gasteiger partial charge in [0.05, 0.1) is 11.8 Å². The summed E-state index contributed by atoms with van der Waals surface area (Å²) in [7, 11) is 0. The molecule has 5 N–H and O–H groups in total. The number of aryl methyl sites for hydroxylation is 2. The second-order valence-corrected chi connectivity index (χ2v) is 4.55. The first-order valence-corrected chi connectivity index (χ1v) is 6.51. The molecule has 1 amide bonds. The fourth-order valence-corrected chi connectivity index (χ4v) is 1.92. The predicted molar refractivity (Wildman–Crippen MR) is 76.0 cm³/mol. The van der Waals surface area contributed by atoms with E-state index in [4.69, 9.17) is 5.84 Å². The van der Waals surface area contributed by atoms with Crippen molar-refractivity contribution in [1.82, 2.24) is 20.5 Å². The monoisotopic (exact) mass is 292 g/mol. The summed E-state index contributed by atoms with van der Waals surface area (Å²) in [5, 5.41) is 9.44. The number of nitrogens with two attached hydrogens (primary N) is 1. The number of nitrogen functional groups attached to an aromatic ring is 1. The van der Waals surface area contributed by atoms with E-state index in [1.54, 1.807) is 6.20 Å². The van der Waals surface area contributed by atoms with Crippen LogP contribution in [0.1, 0.15) is 28.0 Å². The van der Waals surface area contributed by atoms with Crippen LogP contribution in [0, 0.1) is 12.7 Å².